The van der Waals surface area contributed by atoms with Crippen LogP contribution in [0, 0.1) is 0 Å². The zero-order chi connectivity index (χ0) is 14.7. The summed E-state index contributed by atoms with van der Waals surface area (Å²) in [5, 5.41) is 12.2. The van der Waals surface area contributed by atoms with Crippen molar-refractivity contribution in [1.29, 1.82) is 0 Å². The largest absolute Gasteiger partial charge is 0.495 e. The number of anilines is 1. The molecule has 0 aliphatic rings. The number of amides is 1. The maximum Gasteiger partial charge on any atom is 0.256 e. The van der Waals surface area contributed by atoms with Crippen molar-refractivity contribution >= 4 is 23.2 Å². The Morgan fingerprint density at radius 3 is 2.70 bits per heavy atom. The molecule has 104 valence electrons. The summed E-state index contributed by atoms with van der Waals surface area (Å²) in [5.74, 6) is -0.429. The molecule has 0 aliphatic heterocycles. The lowest BCUT2D eigenvalue weighted by atomic mass is 10.2. The molecule has 1 heterocycles. The van der Waals surface area contributed by atoms with Crippen LogP contribution < -0.4 is 15.6 Å². The monoisotopic (exact) mass is 294 g/mol. The van der Waals surface area contributed by atoms with Crippen molar-refractivity contribution in [3.05, 3.63) is 51.3 Å². The molecule has 0 radical (unpaired) electrons. The number of nitrogens with one attached hydrogen (secondary N) is 2. The Kier molecular flexibility index (Phi) is 3.95. The number of aromatic hydroxyl groups is 1. The molecule has 1 aromatic carbocycles. The third kappa shape index (κ3) is 3.10. The number of halogens is 1. The van der Waals surface area contributed by atoms with Gasteiger partial charge in [-0.2, -0.15) is 0 Å². The summed E-state index contributed by atoms with van der Waals surface area (Å²) in [4.78, 5) is 25.2. The van der Waals surface area contributed by atoms with Crippen LogP contribution in [0.1, 0.15) is 10.4 Å². The van der Waals surface area contributed by atoms with Crippen LogP contribution in [0.5, 0.6) is 11.6 Å². The number of methoxy groups -OCH3 is 1. The van der Waals surface area contributed by atoms with Crippen molar-refractivity contribution in [2.45, 2.75) is 0 Å². The molecule has 0 spiro atoms. The molecule has 0 atom stereocenters. The van der Waals surface area contributed by atoms with E-state index in [2.05, 4.69) is 10.3 Å². The van der Waals surface area contributed by atoms with Gasteiger partial charge in [-0.05, 0) is 18.2 Å². The van der Waals surface area contributed by atoms with Gasteiger partial charge in [0.05, 0.1) is 17.7 Å². The molecule has 1 amide bonds. The number of benzene rings is 1. The van der Waals surface area contributed by atoms with Gasteiger partial charge in [-0.15, -0.1) is 0 Å². The molecule has 0 unspecified atom stereocenters. The first-order valence-electron chi connectivity index (χ1n) is 5.58. The van der Waals surface area contributed by atoms with Crippen LogP contribution >= 0.6 is 11.6 Å². The van der Waals surface area contributed by atoms with Crippen LogP contribution in [0.4, 0.5) is 5.69 Å². The summed E-state index contributed by atoms with van der Waals surface area (Å²) in [7, 11) is 1.48. The predicted molar refractivity (Wildman–Crippen MR) is 74.7 cm³/mol. The van der Waals surface area contributed by atoms with Crippen molar-refractivity contribution in [1.82, 2.24) is 4.98 Å². The molecule has 0 aliphatic carbocycles. The first kappa shape index (κ1) is 14.0. The number of aromatic amines is 1. The number of hydrogen-bond donors (Lipinski definition) is 3. The molecule has 0 saturated heterocycles. The highest BCUT2D eigenvalue weighted by Gasteiger charge is 2.10. The van der Waals surface area contributed by atoms with E-state index in [4.69, 9.17) is 16.3 Å². The zero-order valence-corrected chi connectivity index (χ0v) is 11.2. The molecule has 0 fully saturated rings. The van der Waals surface area contributed by atoms with Gasteiger partial charge in [-0.3, -0.25) is 14.6 Å². The lowest BCUT2D eigenvalue weighted by Gasteiger charge is -2.08. The Labute approximate surface area is 119 Å². The summed E-state index contributed by atoms with van der Waals surface area (Å²) in [6.07, 6.45) is 0. The van der Waals surface area contributed by atoms with Crippen LogP contribution in [-0.4, -0.2) is 23.1 Å². The van der Waals surface area contributed by atoms with Gasteiger partial charge in [0.1, 0.15) is 5.75 Å². The van der Waals surface area contributed by atoms with E-state index in [1.165, 1.54) is 13.2 Å². The van der Waals surface area contributed by atoms with E-state index in [1.807, 2.05) is 0 Å². The Bertz CT molecular complexity index is 712. The van der Waals surface area contributed by atoms with Crippen LogP contribution in [-0.2, 0) is 0 Å². The Balaban J connectivity index is 2.23. The number of carbonyl (C=O) groups is 1. The Hall–Kier alpha value is -2.47. The van der Waals surface area contributed by atoms with Crippen molar-refractivity contribution in [2.75, 3.05) is 12.4 Å². The first-order valence-corrected chi connectivity index (χ1v) is 5.95. The number of aromatic nitrogens is 1. The minimum absolute atomic E-state index is 0.0400. The molecule has 20 heavy (non-hydrogen) atoms. The predicted octanol–water partition coefficient (Wildman–Crippen LogP) is 1.99. The number of ether oxygens (including phenoxy) is 1. The lowest BCUT2D eigenvalue weighted by molar-refractivity contribution is 0.102. The molecule has 2 rings (SSSR count). The smallest absolute Gasteiger partial charge is 0.256 e. The number of carbonyl (C=O) groups excluding carboxylic acids is 1. The molecular weight excluding hydrogens is 284 g/mol. The first-order chi connectivity index (χ1) is 9.49. The summed E-state index contributed by atoms with van der Waals surface area (Å²) in [6.45, 7) is 0. The fourth-order valence-electron chi connectivity index (χ4n) is 1.61. The summed E-state index contributed by atoms with van der Waals surface area (Å²) >= 11 is 5.94. The van der Waals surface area contributed by atoms with Crippen molar-refractivity contribution in [3.8, 4) is 11.6 Å². The summed E-state index contributed by atoms with van der Waals surface area (Å²) < 4.78 is 5.00. The topological polar surface area (TPSA) is 91.4 Å². The van der Waals surface area contributed by atoms with E-state index in [1.54, 1.807) is 12.1 Å². The number of rotatable bonds is 3. The molecule has 7 heteroatoms. The quantitative estimate of drug-likeness (QED) is 0.807. The minimum atomic E-state index is -0.567. The zero-order valence-electron chi connectivity index (χ0n) is 10.4. The van der Waals surface area contributed by atoms with E-state index >= 15 is 0 Å². The normalized spacial score (nSPS) is 10.1. The van der Waals surface area contributed by atoms with E-state index in [-0.39, 0.29) is 11.4 Å². The average molecular weight is 295 g/mol. The fourth-order valence-corrected chi connectivity index (χ4v) is 1.86. The van der Waals surface area contributed by atoms with Crippen LogP contribution in [0.2, 0.25) is 5.02 Å². The van der Waals surface area contributed by atoms with E-state index in [0.717, 1.165) is 12.1 Å². The van der Waals surface area contributed by atoms with Crippen molar-refractivity contribution < 1.29 is 14.6 Å². The standard InChI is InChI=1S/C13H11ClN2O4/c1-20-10-3-2-8(6-9(10)14)15-13(19)7-4-11(17)16-12(18)5-7/h2-6H,1H3,(H,15,19)(H2,16,17,18). The molecule has 0 saturated carbocycles. The Morgan fingerprint density at radius 1 is 1.35 bits per heavy atom. The van der Waals surface area contributed by atoms with Crippen LogP contribution in [0.3, 0.4) is 0 Å². The highest BCUT2D eigenvalue weighted by molar-refractivity contribution is 6.32. The second kappa shape index (κ2) is 5.66. The third-order valence-corrected chi connectivity index (χ3v) is 2.80. The van der Waals surface area contributed by atoms with Gasteiger partial charge in [0.15, 0.2) is 5.88 Å². The summed E-state index contributed by atoms with van der Waals surface area (Å²) in [6, 6.07) is 6.97. The second-order valence-corrected chi connectivity index (χ2v) is 4.33. The van der Waals surface area contributed by atoms with Gasteiger partial charge in [-0.1, -0.05) is 11.6 Å². The van der Waals surface area contributed by atoms with E-state index < -0.39 is 11.5 Å². The lowest BCUT2D eigenvalue weighted by Crippen LogP contribution is -2.15. The van der Waals surface area contributed by atoms with Gasteiger partial charge < -0.3 is 15.2 Å². The molecule has 1 aromatic heterocycles. The van der Waals surface area contributed by atoms with Gasteiger partial charge in [0.25, 0.3) is 11.5 Å². The maximum atomic E-state index is 11.9. The molecule has 3 N–H and O–H groups in total. The fraction of sp³-hybridized carbons (Fsp3) is 0.0769. The Morgan fingerprint density at radius 2 is 2.10 bits per heavy atom. The number of hydrogen-bond acceptors (Lipinski definition) is 4. The van der Waals surface area contributed by atoms with E-state index in [0.29, 0.717) is 16.5 Å². The van der Waals surface area contributed by atoms with Gasteiger partial charge in [0.2, 0.25) is 0 Å². The SMILES string of the molecule is COc1ccc(NC(=O)c2cc(O)[nH]c(=O)c2)cc1Cl. The molecule has 2 aromatic rings. The van der Waals surface area contributed by atoms with E-state index in [9.17, 15) is 14.7 Å². The van der Waals surface area contributed by atoms with Gasteiger partial charge >= 0.3 is 0 Å². The molecular formula is C13H11ClN2O4. The van der Waals surface area contributed by atoms with Gasteiger partial charge in [0, 0.05) is 17.8 Å². The number of H-pyrrole nitrogens is 1. The highest BCUT2D eigenvalue weighted by Crippen LogP contribution is 2.27. The third-order valence-electron chi connectivity index (χ3n) is 2.50. The average Bonchev–Trinajstić information content (AvgIpc) is 2.37. The van der Waals surface area contributed by atoms with Crippen LogP contribution in [0.15, 0.2) is 35.1 Å². The molecule has 6 nitrogen and oxygen atoms in total. The van der Waals surface area contributed by atoms with Gasteiger partial charge in [-0.25, -0.2) is 0 Å². The summed E-state index contributed by atoms with van der Waals surface area (Å²) in [5.41, 5.74) is -0.0818. The molecule has 0 bridgehead atoms. The van der Waals surface area contributed by atoms with Crippen molar-refractivity contribution in [2.24, 2.45) is 0 Å². The minimum Gasteiger partial charge on any atom is -0.495 e. The van der Waals surface area contributed by atoms with Crippen LogP contribution in [0.25, 0.3) is 0 Å². The highest BCUT2D eigenvalue weighted by atomic mass is 35.5. The number of pyridine rings is 1. The van der Waals surface area contributed by atoms with Crippen molar-refractivity contribution in [3.63, 3.8) is 0 Å². The second-order valence-electron chi connectivity index (χ2n) is 3.92. The maximum absolute atomic E-state index is 11.9.